The van der Waals surface area contributed by atoms with Crippen LogP contribution in [0.5, 0.6) is 0 Å². The number of nitrogens with two attached hydrogens (primary N) is 1. The second kappa shape index (κ2) is 5.12. The molecule has 1 unspecified atom stereocenters. The van der Waals surface area contributed by atoms with Gasteiger partial charge in [-0.1, -0.05) is 18.5 Å². The Hall–Kier alpha value is -0.650. The van der Waals surface area contributed by atoms with E-state index in [1.165, 1.54) is 6.07 Å². The smallest absolute Gasteiger partial charge is 0.178 e. The Kier molecular flexibility index (Phi) is 4.29. The summed E-state index contributed by atoms with van der Waals surface area (Å²) in [7, 11) is -3.44. The van der Waals surface area contributed by atoms with Crippen LogP contribution in [0.3, 0.4) is 0 Å². The summed E-state index contributed by atoms with van der Waals surface area (Å²) in [4.78, 5) is 0.0270. The van der Waals surface area contributed by atoms with Crippen molar-refractivity contribution in [3.63, 3.8) is 0 Å². The monoisotopic (exact) mass is 265 g/mol. The van der Waals surface area contributed by atoms with E-state index in [0.29, 0.717) is 0 Å². The number of hydrogen-bond donors (Lipinski definition) is 1. The highest BCUT2D eigenvalue weighted by atomic mass is 35.5. The van der Waals surface area contributed by atoms with Gasteiger partial charge in [-0.05, 0) is 30.7 Å². The van der Waals surface area contributed by atoms with Crippen molar-refractivity contribution in [1.29, 1.82) is 0 Å². The number of hydrogen-bond acceptors (Lipinski definition) is 3. The molecule has 1 aromatic carbocycles. The topological polar surface area (TPSA) is 60.2 Å². The zero-order valence-corrected chi connectivity index (χ0v) is 10.4. The summed E-state index contributed by atoms with van der Waals surface area (Å²) < 4.78 is 36.5. The minimum atomic E-state index is -3.44. The van der Waals surface area contributed by atoms with E-state index in [-0.39, 0.29) is 28.1 Å². The summed E-state index contributed by atoms with van der Waals surface area (Å²) in [6.45, 7) is 2.02. The quantitative estimate of drug-likeness (QED) is 0.845. The van der Waals surface area contributed by atoms with Crippen LogP contribution in [0.25, 0.3) is 0 Å². The van der Waals surface area contributed by atoms with Crippen LogP contribution in [0.15, 0.2) is 23.1 Å². The van der Waals surface area contributed by atoms with Crippen LogP contribution >= 0.6 is 11.6 Å². The van der Waals surface area contributed by atoms with Crippen LogP contribution in [-0.2, 0) is 9.84 Å². The summed E-state index contributed by atoms with van der Waals surface area (Å²) in [5, 5.41) is -0.193. The Morgan fingerprint density at radius 1 is 1.50 bits per heavy atom. The number of rotatable bonds is 4. The predicted molar refractivity (Wildman–Crippen MR) is 61.7 cm³/mol. The molecule has 0 saturated heterocycles. The van der Waals surface area contributed by atoms with Gasteiger partial charge in [-0.3, -0.25) is 0 Å². The Bertz CT molecular complexity index is 476. The van der Waals surface area contributed by atoms with Crippen molar-refractivity contribution in [2.24, 2.45) is 11.7 Å². The van der Waals surface area contributed by atoms with Crippen LogP contribution in [0.2, 0.25) is 5.02 Å². The molecule has 1 rings (SSSR count). The third-order valence-electron chi connectivity index (χ3n) is 2.16. The first-order chi connectivity index (χ1) is 7.36. The molecule has 1 aromatic rings. The maximum Gasteiger partial charge on any atom is 0.178 e. The van der Waals surface area contributed by atoms with Crippen LogP contribution < -0.4 is 5.73 Å². The minimum Gasteiger partial charge on any atom is -0.330 e. The lowest BCUT2D eigenvalue weighted by atomic mass is 10.2. The fourth-order valence-corrected chi connectivity index (χ4v) is 3.10. The molecule has 6 heteroatoms. The maximum absolute atomic E-state index is 12.9. The van der Waals surface area contributed by atoms with Gasteiger partial charge in [0.05, 0.1) is 15.7 Å². The van der Waals surface area contributed by atoms with E-state index in [4.69, 9.17) is 17.3 Å². The summed E-state index contributed by atoms with van der Waals surface area (Å²) in [5.74, 6) is -0.841. The van der Waals surface area contributed by atoms with Crippen molar-refractivity contribution < 1.29 is 12.8 Å². The van der Waals surface area contributed by atoms with Gasteiger partial charge in [0.2, 0.25) is 0 Å². The van der Waals surface area contributed by atoms with Crippen LogP contribution in [-0.4, -0.2) is 20.7 Å². The van der Waals surface area contributed by atoms with Gasteiger partial charge in [-0.2, -0.15) is 0 Å². The standard InChI is InChI=1S/C10H13ClFNO2S/c1-7(5-13)6-16(14,15)8-2-3-10(12)9(11)4-8/h2-4,7H,5-6,13H2,1H3. The molecule has 0 fully saturated rings. The number of halogens is 2. The molecule has 0 aromatic heterocycles. The molecule has 0 amide bonds. The van der Waals surface area contributed by atoms with Gasteiger partial charge >= 0.3 is 0 Å². The van der Waals surface area contributed by atoms with E-state index in [1.54, 1.807) is 6.92 Å². The molecule has 16 heavy (non-hydrogen) atoms. The van der Waals surface area contributed by atoms with Crippen molar-refractivity contribution in [1.82, 2.24) is 0 Å². The van der Waals surface area contributed by atoms with Crippen molar-refractivity contribution in [2.75, 3.05) is 12.3 Å². The van der Waals surface area contributed by atoms with Crippen molar-refractivity contribution in [3.05, 3.63) is 29.0 Å². The van der Waals surface area contributed by atoms with Gasteiger partial charge in [0.25, 0.3) is 0 Å². The molecule has 1 atom stereocenters. The molecule has 0 saturated carbocycles. The Labute approximate surface area is 99.3 Å². The van der Waals surface area contributed by atoms with Gasteiger partial charge in [0.1, 0.15) is 5.82 Å². The molecular formula is C10H13ClFNO2S. The highest BCUT2D eigenvalue weighted by Crippen LogP contribution is 2.21. The molecule has 0 aliphatic rings. The lowest BCUT2D eigenvalue weighted by Gasteiger charge is -2.09. The molecule has 90 valence electrons. The highest BCUT2D eigenvalue weighted by molar-refractivity contribution is 7.91. The molecule has 0 bridgehead atoms. The Morgan fingerprint density at radius 2 is 2.12 bits per heavy atom. The summed E-state index contributed by atoms with van der Waals surface area (Å²) in [6.07, 6.45) is 0. The van der Waals surface area contributed by atoms with Gasteiger partial charge in [0.15, 0.2) is 9.84 Å². The molecule has 2 N–H and O–H groups in total. The van der Waals surface area contributed by atoms with Gasteiger partial charge in [0, 0.05) is 0 Å². The zero-order valence-electron chi connectivity index (χ0n) is 8.78. The van der Waals surface area contributed by atoms with Gasteiger partial charge in [-0.25, -0.2) is 12.8 Å². The van der Waals surface area contributed by atoms with Crippen LogP contribution in [0.1, 0.15) is 6.92 Å². The number of sulfone groups is 1. The normalized spacial score (nSPS) is 13.8. The molecule has 0 aliphatic carbocycles. The third kappa shape index (κ3) is 3.17. The maximum atomic E-state index is 12.9. The molecule has 0 radical (unpaired) electrons. The lowest BCUT2D eigenvalue weighted by molar-refractivity contribution is 0.573. The summed E-state index contributed by atoms with van der Waals surface area (Å²) in [6, 6.07) is 3.37. The van der Waals surface area contributed by atoms with E-state index < -0.39 is 15.7 Å². The highest BCUT2D eigenvalue weighted by Gasteiger charge is 2.18. The second-order valence-corrected chi connectivity index (χ2v) is 6.14. The van der Waals surface area contributed by atoms with Gasteiger partial charge < -0.3 is 5.73 Å². The average Bonchev–Trinajstić information content (AvgIpc) is 2.21. The third-order valence-corrected chi connectivity index (χ3v) is 4.43. The summed E-state index contributed by atoms with van der Waals surface area (Å²) in [5.41, 5.74) is 5.36. The van der Waals surface area contributed by atoms with Crippen molar-refractivity contribution in [3.8, 4) is 0 Å². The first-order valence-corrected chi connectivity index (χ1v) is 6.77. The lowest BCUT2D eigenvalue weighted by Crippen LogP contribution is -2.21. The SMILES string of the molecule is CC(CN)CS(=O)(=O)c1ccc(F)c(Cl)c1. The second-order valence-electron chi connectivity index (χ2n) is 3.70. The Balaban J connectivity index is 3.03. The fraction of sp³-hybridized carbons (Fsp3) is 0.400. The summed E-state index contributed by atoms with van der Waals surface area (Å²) >= 11 is 5.53. The van der Waals surface area contributed by atoms with Crippen LogP contribution in [0.4, 0.5) is 4.39 Å². The number of benzene rings is 1. The molecule has 0 heterocycles. The zero-order chi connectivity index (χ0) is 12.3. The first kappa shape index (κ1) is 13.4. The van der Waals surface area contributed by atoms with Crippen molar-refractivity contribution in [2.45, 2.75) is 11.8 Å². The van der Waals surface area contributed by atoms with E-state index >= 15 is 0 Å². The molecule has 3 nitrogen and oxygen atoms in total. The van der Waals surface area contributed by atoms with Crippen LogP contribution in [0, 0.1) is 11.7 Å². The fourth-order valence-electron chi connectivity index (χ4n) is 1.21. The van der Waals surface area contributed by atoms with E-state index in [0.717, 1.165) is 12.1 Å². The molecule has 0 spiro atoms. The molecule has 0 aliphatic heterocycles. The first-order valence-electron chi connectivity index (χ1n) is 4.74. The minimum absolute atomic E-state index is 0.0270. The average molecular weight is 266 g/mol. The van der Waals surface area contributed by atoms with E-state index in [9.17, 15) is 12.8 Å². The molecular weight excluding hydrogens is 253 g/mol. The largest absolute Gasteiger partial charge is 0.330 e. The van der Waals surface area contributed by atoms with E-state index in [2.05, 4.69) is 0 Å². The van der Waals surface area contributed by atoms with Gasteiger partial charge in [-0.15, -0.1) is 0 Å². The van der Waals surface area contributed by atoms with Crippen molar-refractivity contribution >= 4 is 21.4 Å². The predicted octanol–water partition coefficient (Wildman–Crippen LogP) is 1.85. The Morgan fingerprint density at radius 3 is 2.62 bits per heavy atom. The van der Waals surface area contributed by atoms with E-state index in [1.807, 2.05) is 0 Å².